The molecule has 3 aliphatic rings. The second-order valence-corrected chi connectivity index (χ2v) is 6.07. The Morgan fingerprint density at radius 1 is 0.938 bits per heavy atom. The summed E-state index contributed by atoms with van der Waals surface area (Å²) in [5.74, 6) is 1.12. The SMILES string of the molecule is C(CC1CC1)CN1CCCN2CCCC2C1. The van der Waals surface area contributed by atoms with Crippen molar-refractivity contribution < 1.29 is 0 Å². The van der Waals surface area contributed by atoms with Crippen molar-refractivity contribution in [2.45, 2.75) is 51.0 Å². The molecule has 0 aromatic rings. The summed E-state index contributed by atoms with van der Waals surface area (Å²) in [5, 5.41) is 0. The van der Waals surface area contributed by atoms with Crippen LogP contribution < -0.4 is 0 Å². The first-order valence-electron chi connectivity index (χ1n) is 7.38. The van der Waals surface area contributed by atoms with Crippen LogP contribution in [0.3, 0.4) is 0 Å². The maximum atomic E-state index is 2.75. The van der Waals surface area contributed by atoms with E-state index in [2.05, 4.69) is 9.80 Å². The van der Waals surface area contributed by atoms with Crippen LogP contribution in [0.1, 0.15) is 44.9 Å². The van der Waals surface area contributed by atoms with Crippen molar-refractivity contribution in [3.8, 4) is 0 Å². The van der Waals surface area contributed by atoms with Gasteiger partial charge in [0.1, 0.15) is 0 Å². The molecule has 2 nitrogen and oxygen atoms in total. The lowest BCUT2D eigenvalue weighted by atomic mass is 10.2. The normalized spacial score (nSPS) is 32.6. The highest BCUT2D eigenvalue weighted by Crippen LogP contribution is 2.33. The van der Waals surface area contributed by atoms with Crippen LogP contribution in [0.2, 0.25) is 0 Å². The number of rotatable bonds is 4. The van der Waals surface area contributed by atoms with Gasteiger partial charge in [0.25, 0.3) is 0 Å². The predicted molar refractivity (Wildman–Crippen MR) is 67.6 cm³/mol. The molecular weight excluding hydrogens is 196 g/mol. The van der Waals surface area contributed by atoms with Gasteiger partial charge in [0.15, 0.2) is 0 Å². The molecule has 0 aromatic carbocycles. The molecule has 1 saturated carbocycles. The largest absolute Gasteiger partial charge is 0.302 e. The van der Waals surface area contributed by atoms with E-state index in [0.717, 1.165) is 12.0 Å². The molecule has 0 bridgehead atoms. The summed E-state index contributed by atoms with van der Waals surface area (Å²) in [5.41, 5.74) is 0. The lowest BCUT2D eigenvalue weighted by Gasteiger charge is -2.25. The van der Waals surface area contributed by atoms with Gasteiger partial charge in [0, 0.05) is 12.6 Å². The van der Waals surface area contributed by atoms with E-state index in [4.69, 9.17) is 0 Å². The average molecular weight is 222 g/mol. The van der Waals surface area contributed by atoms with Crippen molar-refractivity contribution in [2.24, 2.45) is 5.92 Å². The molecule has 1 unspecified atom stereocenters. The van der Waals surface area contributed by atoms with Crippen molar-refractivity contribution in [1.82, 2.24) is 9.80 Å². The number of hydrogen-bond acceptors (Lipinski definition) is 2. The molecule has 3 fully saturated rings. The second-order valence-electron chi connectivity index (χ2n) is 6.07. The average Bonchev–Trinajstić information content (AvgIpc) is 3.04. The summed E-state index contributed by atoms with van der Waals surface area (Å²) in [6.45, 7) is 6.84. The summed E-state index contributed by atoms with van der Waals surface area (Å²) in [6, 6.07) is 0.906. The lowest BCUT2D eigenvalue weighted by Crippen LogP contribution is -2.37. The van der Waals surface area contributed by atoms with E-state index in [-0.39, 0.29) is 0 Å². The predicted octanol–water partition coefficient (Wildman–Crippen LogP) is 2.35. The van der Waals surface area contributed by atoms with E-state index in [9.17, 15) is 0 Å². The summed E-state index contributed by atoms with van der Waals surface area (Å²) in [6.07, 6.45) is 10.3. The van der Waals surface area contributed by atoms with E-state index in [1.165, 1.54) is 77.7 Å². The maximum absolute atomic E-state index is 2.75. The fraction of sp³-hybridized carbons (Fsp3) is 1.00. The van der Waals surface area contributed by atoms with Crippen LogP contribution in [0.4, 0.5) is 0 Å². The quantitative estimate of drug-likeness (QED) is 0.720. The molecule has 2 heterocycles. The molecule has 0 N–H and O–H groups in total. The van der Waals surface area contributed by atoms with Gasteiger partial charge in [-0.05, 0) is 64.2 Å². The third kappa shape index (κ3) is 2.78. The molecule has 2 saturated heterocycles. The first kappa shape index (κ1) is 11.0. The standard InChI is InChI=1S/C14H26N2/c1(4-13-6-7-13)8-15-9-3-11-16-10-2-5-14(16)12-15/h13-14H,1-12H2. The Kier molecular flexibility index (Phi) is 3.49. The van der Waals surface area contributed by atoms with Crippen molar-refractivity contribution in [1.29, 1.82) is 0 Å². The van der Waals surface area contributed by atoms with Crippen molar-refractivity contribution in [3.05, 3.63) is 0 Å². The lowest BCUT2D eigenvalue weighted by molar-refractivity contribution is 0.217. The maximum Gasteiger partial charge on any atom is 0.0223 e. The summed E-state index contributed by atoms with van der Waals surface area (Å²) in [4.78, 5) is 5.49. The van der Waals surface area contributed by atoms with E-state index in [0.29, 0.717) is 0 Å². The van der Waals surface area contributed by atoms with Crippen molar-refractivity contribution in [2.75, 3.05) is 32.7 Å². The van der Waals surface area contributed by atoms with Gasteiger partial charge in [-0.1, -0.05) is 12.8 Å². The van der Waals surface area contributed by atoms with E-state index < -0.39 is 0 Å². The number of fused-ring (bicyclic) bond motifs is 1. The molecule has 2 heteroatoms. The van der Waals surface area contributed by atoms with Crippen LogP contribution in [-0.2, 0) is 0 Å². The van der Waals surface area contributed by atoms with Crippen LogP contribution in [0.25, 0.3) is 0 Å². The first-order chi connectivity index (χ1) is 7.92. The van der Waals surface area contributed by atoms with Crippen molar-refractivity contribution in [3.63, 3.8) is 0 Å². The Hall–Kier alpha value is -0.0800. The fourth-order valence-corrected chi connectivity index (χ4v) is 3.50. The van der Waals surface area contributed by atoms with E-state index in [1.54, 1.807) is 0 Å². The van der Waals surface area contributed by atoms with E-state index in [1.807, 2.05) is 0 Å². The Morgan fingerprint density at radius 2 is 1.81 bits per heavy atom. The number of hydrogen-bond donors (Lipinski definition) is 0. The third-order valence-electron chi connectivity index (χ3n) is 4.67. The fourth-order valence-electron chi connectivity index (χ4n) is 3.50. The molecule has 0 amide bonds. The second kappa shape index (κ2) is 5.05. The van der Waals surface area contributed by atoms with Gasteiger partial charge in [0.2, 0.25) is 0 Å². The topological polar surface area (TPSA) is 6.48 Å². The summed E-state index contributed by atoms with van der Waals surface area (Å²) >= 11 is 0. The van der Waals surface area contributed by atoms with Crippen LogP contribution in [0.15, 0.2) is 0 Å². The Balaban J connectivity index is 1.43. The number of nitrogens with zero attached hydrogens (tertiary/aromatic N) is 2. The Labute approximate surface area is 100.0 Å². The molecule has 1 aliphatic carbocycles. The smallest absolute Gasteiger partial charge is 0.0223 e. The highest BCUT2D eigenvalue weighted by Gasteiger charge is 2.28. The van der Waals surface area contributed by atoms with Gasteiger partial charge >= 0.3 is 0 Å². The van der Waals surface area contributed by atoms with Crippen LogP contribution in [0, 0.1) is 5.92 Å². The molecule has 3 rings (SSSR count). The Morgan fingerprint density at radius 3 is 2.69 bits per heavy atom. The molecule has 16 heavy (non-hydrogen) atoms. The molecule has 0 spiro atoms. The van der Waals surface area contributed by atoms with Crippen LogP contribution in [-0.4, -0.2) is 48.6 Å². The zero-order valence-electron chi connectivity index (χ0n) is 10.5. The minimum Gasteiger partial charge on any atom is -0.302 e. The molecule has 0 radical (unpaired) electrons. The molecule has 92 valence electrons. The highest BCUT2D eigenvalue weighted by atomic mass is 15.3. The van der Waals surface area contributed by atoms with Gasteiger partial charge in [-0.15, -0.1) is 0 Å². The van der Waals surface area contributed by atoms with Gasteiger partial charge < -0.3 is 4.90 Å². The van der Waals surface area contributed by atoms with Crippen LogP contribution >= 0.6 is 0 Å². The monoisotopic (exact) mass is 222 g/mol. The van der Waals surface area contributed by atoms with Crippen LogP contribution in [0.5, 0.6) is 0 Å². The highest BCUT2D eigenvalue weighted by molar-refractivity contribution is 4.85. The van der Waals surface area contributed by atoms with Gasteiger partial charge in [-0.3, -0.25) is 4.90 Å². The molecule has 0 aromatic heterocycles. The minimum absolute atomic E-state index is 0.906. The Bertz CT molecular complexity index is 225. The zero-order chi connectivity index (χ0) is 10.8. The first-order valence-corrected chi connectivity index (χ1v) is 7.38. The van der Waals surface area contributed by atoms with Crippen molar-refractivity contribution >= 4 is 0 Å². The molecule has 1 atom stereocenters. The minimum atomic E-state index is 0.906. The third-order valence-corrected chi connectivity index (χ3v) is 4.67. The summed E-state index contributed by atoms with van der Waals surface area (Å²) in [7, 11) is 0. The zero-order valence-corrected chi connectivity index (χ0v) is 10.5. The summed E-state index contributed by atoms with van der Waals surface area (Å²) < 4.78 is 0. The van der Waals surface area contributed by atoms with Gasteiger partial charge in [0.05, 0.1) is 0 Å². The van der Waals surface area contributed by atoms with E-state index >= 15 is 0 Å². The van der Waals surface area contributed by atoms with Gasteiger partial charge in [-0.25, -0.2) is 0 Å². The molecular formula is C14H26N2. The van der Waals surface area contributed by atoms with Gasteiger partial charge in [-0.2, -0.15) is 0 Å². The molecule has 2 aliphatic heterocycles.